The van der Waals surface area contributed by atoms with E-state index in [0.29, 0.717) is 17.4 Å². The van der Waals surface area contributed by atoms with Crippen molar-refractivity contribution in [3.05, 3.63) is 73.3 Å². The molecule has 10 heteroatoms. The first-order valence-corrected chi connectivity index (χ1v) is 12.2. The molecule has 0 amide bonds. The molecule has 3 heterocycles. The quantitative estimate of drug-likeness (QED) is 0.274. The van der Waals surface area contributed by atoms with Gasteiger partial charge in [-0.1, -0.05) is 22.4 Å². The number of nitrogens with zero attached hydrogens (tertiary/aromatic N) is 5. The molecule has 5 rings (SSSR count). The summed E-state index contributed by atoms with van der Waals surface area (Å²) in [4.78, 5) is 11.8. The van der Waals surface area contributed by atoms with Crippen LogP contribution in [-0.2, 0) is 15.2 Å². The van der Waals surface area contributed by atoms with E-state index in [2.05, 4.69) is 15.0 Å². The molecule has 180 valence electrons. The number of benzene rings is 2. The molecule has 5 aromatic rings. The molecule has 0 saturated heterocycles. The first-order valence-electron chi connectivity index (χ1n) is 10.8. The average Bonchev–Trinajstić information content (AvgIpc) is 3.26. The van der Waals surface area contributed by atoms with E-state index < -0.39 is 11.0 Å². The fraction of sp³-hybridized carbons (Fsp3) is 0.160. The second-order valence-electron chi connectivity index (χ2n) is 8.21. The van der Waals surface area contributed by atoms with E-state index in [-0.39, 0.29) is 5.48 Å². The standard InChI is InChI=1S/C25H24N6O2S.H2O/c1-30(2)11-12-33-24-10-7-17(13-27-24)18-14-28-25-22(15-29-31(25)16-18)20-8-9-23(34(26)32)21-6-4-3-5-19(20)21;/h3-10,13-16H,11-12H2,1-2H3,(H2,26,32);1H2. The zero-order valence-corrected chi connectivity index (χ0v) is 20.3. The summed E-state index contributed by atoms with van der Waals surface area (Å²) in [5.74, 6) is 0.593. The zero-order valence-electron chi connectivity index (χ0n) is 19.4. The van der Waals surface area contributed by atoms with Gasteiger partial charge in [0.05, 0.1) is 6.20 Å². The van der Waals surface area contributed by atoms with E-state index in [0.717, 1.165) is 45.2 Å². The van der Waals surface area contributed by atoms with Crippen LogP contribution in [0.5, 0.6) is 5.88 Å². The van der Waals surface area contributed by atoms with Crippen molar-refractivity contribution >= 4 is 27.4 Å². The Labute approximate surface area is 205 Å². The Morgan fingerprint density at radius 1 is 0.943 bits per heavy atom. The van der Waals surface area contributed by atoms with Crippen LogP contribution in [0.4, 0.5) is 0 Å². The highest BCUT2D eigenvalue weighted by Crippen LogP contribution is 2.34. The number of rotatable bonds is 7. The third-order valence-corrected chi connectivity index (χ3v) is 6.51. The van der Waals surface area contributed by atoms with E-state index in [1.807, 2.05) is 75.0 Å². The largest absolute Gasteiger partial charge is 0.870 e. The summed E-state index contributed by atoms with van der Waals surface area (Å²) in [6.45, 7) is 1.41. The van der Waals surface area contributed by atoms with Crippen molar-refractivity contribution in [2.45, 2.75) is 4.90 Å². The molecular weight excluding hydrogens is 464 g/mol. The highest BCUT2D eigenvalue weighted by molar-refractivity contribution is 7.82. The molecule has 0 aliphatic carbocycles. The summed E-state index contributed by atoms with van der Waals surface area (Å²) in [6.07, 6.45) is 7.33. The first-order chi connectivity index (χ1) is 16.5. The third-order valence-electron chi connectivity index (χ3n) is 5.64. The Morgan fingerprint density at radius 3 is 2.43 bits per heavy atom. The van der Waals surface area contributed by atoms with Crippen molar-refractivity contribution in [1.82, 2.24) is 24.5 Å². The van der Waals surface area contributed by atoms with Gasteiger partial charge in [0.25, 0.3) is 0 Å². The number of likely N-dealkylation sites (N-methyl/N-ethyl adjacent to an activating group) is 1. The zero-order chi connectivity index (χ0) is 23.7. The summed E-state index contributed by atoms with van der Waals surface area (Å²) in [7, 11) is 2.07. The molecule has 3 aromatic heterocycles. The predicted molar refractivity (Wildman–Crippen MR) is 137 cm³/mol. The number of hydrogen-bond donors (Lipinski definition) is 1. The Bertz CT molecular complexity index is 1500. The van der Waals surface area contributed by atoms with Crippen LogP contribution >= 0.6 is 0 Å². The monoisotopic (exact) mass is 490 g/mol. The van der Waals surface area contributed by atoms with Crippen molar-refractivity contribution < 1.29 is 14.4 Å². The lowest BCUT2D eigenvalue weighted by Gasteiger charge is -2.10. The Hall–Kier alpha value is -3.70. The Balaban J connectivity index is 0.00000289. The van der Waals surface area contributed by atoms with Gasteiger partial charge < -0.3 is 15.1 Å². The summed E-state index contributed by atoms with van der Waals surface area (Å²) in [5.41, 5.74) is 4.41. The molecule has 0 saturated carbocycles. The van der Waals surface area contributed by atoms with Crippen molar-refractivity contribution in [3.8, 4) is 28.1 Å². The second kappa shape index (κ2) is 10.3. The summed E-state index contributed by atoms with van der Waals surface area (Å²) in [6, 6.07) is 15.4. The second-order valence-corrected chi connectivity index (χ2v) is 9.34. The van der Waals surface area contributed by atoms with Gasteiger partial charge in [0.1, 0.15) is 6.61 Å². The Morgan fingerprint density at radius 2 is 1.71 bits per heavy atom. The van der Waals surface area contributed by atoms with Crippen molar-refractivity contribution in [1.29, 1.82) is 0 Å². The predicted octanol–water partition coefficient (Wildman–Crippen LogP) is 3.30. The van der Waals surface area contributed by atoms with Crippen LogP contribution in [0, 0.1) is 0 Å². The number of nitrogens with two attached hydrogens (primary N) is 1. The molecule has 0 aliphatic rings. The van der Waals surface area contributed by atoms with E-state index in [4.69, 9.17) is 14.9 Å². The number of ether oxygens (including phenoxy) is 1. The number of fused-ring (bicyclic) bond motifs is 2. The maximum atomic E-state index is 12.0. The molecule has 0 bridgehead atoms. The number of hydrogen-bond acceptors (Lipinski definition) is 7. The van der Waals surface area contributed by atoms with Crippen LogP contribution in [0.1, 0.15) is 0 Å². The average molecular weight is 491 g/mol. The molecule has 0 fully saturated rings. The van der Waals surface area contributed by atoms with Crippen molar-refractivity contribution in [2.24, 2.45) is 5.14 Å². The number of thiol groups is 1. The molecular formula is C25H26N6O3S. The van der Waals surface area contributed by atoms with E-state index in [1.54, 1.807) is 16.9 Å². The highest BCUT2D eigenvalue weighted by atomic mass is 32.2. The molecule has 0 spiro atoms. The van der Waals surface area contributed by atoms with E-state index in [1.165, 1.54) is 0 Å². The topological polar surface area (TPSA) is 129 Å². The van der Waals surface area contributed by atoms with E-state index in [9.17, 15) is 4.21 Å². The number of aromatic nitrogens is 4. The van der Waals surface area contributed by atoms with Gasteiger partial charge in [-0.2, -0.15) is 5.10 Å². The van der Waals surface area contributed by atoms with Crippen molar-refractivity contribution in [3.63, 3.8) is 0 Å². The molecule has 1 atom stereocenters. The summed E-state index contributed by atoms with van der Waals surface area (Å²) >= 11 is 0. The third kappa shape index (κ3) is 4.91. The van der Waals surface area contributed by atoms with Crippen LogP contribution < -0.4 is 9.88 Å². The van der Waals surface area contributed by atoms with Crippen LogP contribution in [0.25, 0.3) is 38.7 Å². The van der Waals surface area contributed by atoms with Gasteiger partial charge in [0, 0.05) is 53.3 Å². The lowest BCUT2D eigenvalue weighted by Crippen LogP contribution is -2.19. The van der Waals surface area contributed by atoms with E-state index >= 15 is 0 Å². The van der Waals surface area contributed by atoms with Crippen LogP contribution in [0.2, 0.25) is 0 Å². The smallest absolute Gasteiger partial charge is 0.213 e. The van der Waals surface area contributed by atoms with Gasteiger partial charge in [-0.05, 0) is 49.3 Å². The highest BCUT2D eigenvalue weighted by Gasteiger charge is 2.17. The van der Waals surface area contributed by atoms with Gasteiger partial charge in [-0.25, -0.2) is 14.5 Å². The van der Waals surface area contributed by atoms with Gasteiger partial charge in [0.15, 0.2) is 21.5 Å². The fourth-order valence-corrected chi connectivity index (χ4v) is 4.55. The van der Waals surface area contributed by atoms with Gasteiger partial charge in [-0.15, -0.1) is 5.14 Å². The van der Waals surface area contributed by atoms with Gasteiger partial charge in [-0.3, -0.25) is 0 Å². The molecule has 2 aromatic carbocycles. The maximum Gasteiger partial charge on any atom is 0.213 e. The summed E-state index contributed by atoms with van der Waals surface area (Å²) in [5, 5.41) is 12.1. The molecule has 3 N–H and O–H groups in total. The lowest BCUT2D eigenvalue weighted by molar-refractivity contribution is 0.254. The summed E-state index contributed by atoms with van der Waals surface area (Å²) < 4.78 is 19.5. The molecule has 9 nitrogen and oxygen atoms in total. The minimum Gasteiger partial charge on any atom is -0.870 e. The Kier molecular flexibility index (Phi) is 7.17. The molecule has 0 radical (unpaired) electrons. The van der Waals surface area contributed by atoms with Crippen LogP contribution in [0.15, 0.2) is 78.2 Å². The SMILES string of the molecule is CN(C)CCOc1ccc(-c2cnc3c(-c4ccc([SH+](N)=O)c5ccccc45)cnn3c2)cn1.[OH-]. The normalized spacial score (nSPS) is 12.1. The minimum atomic E-state index is -1.94. The number of pyridine rings is 1. The minimum absolute atomic E-state index is 0. The molecule has 0 aliphatic heterocycles. The lowest BCUT2D eigenvalue weighted by atomic mass is 10.00. The molecule has 35 heavy (non-hydrogen) atoms. The maximum absolute atomic E-state index is 12.0. The fourth-order valence-electron chi connectivity index (χ4n) is 3.89. The van der Waals surface area contributed by atoms with Crippen molar-refractivity contribution in [2.75, 3.05) is 27.2 Å². The first kappa shape index (κ1) is 24.4. The van der Waals surface area contributed by atoms with Gasteiger partial charge >= 0.3 is 0 Å². The van der Waals surface area contributed by atoms with Crippen LogP contribution in [0.3, 0.4) is 0 Å². The van der Waals surface area contributed by atoms with Gasteiger partial charge in [0.2, 0.25) is 5.88 Å². The van der Waals surface area contributed by atoms with Crippen LogP contribution in [-0.4, -0.2) is 57.2 Å². The molecule has 1 unspecified atom stereocenters.